The zero-order valence-corrected chi connectivity index (χ0v) is 17.0. The summed E-state index contributed by atoms with van der Waals surface area (Å²) in [7, 11) is 0. The maximum Gasteiger partial charge on any atom is 0.191 e. The molecule has 3 heterocycles. The minimum Gasteiger partial charge on any atom is -0.357 e. The van der Waals surface area contributed by atoms with E-state index in [1.807, 2.05) is 28.8 Å². The third kappa shape index (κ3) is 4.74. The van der Waals surface area contributed by atoms with Crippen molar-refractivity contribution in [2.75, 3.05) is 26.2 Å². The second kappa shape index (κ2) is 9.52. The van der Waals surface area contributed by atoms with Gasteiger partial charge in [0.05, 0.1) is 6.04 Å². The molecule has 4 rings (SSSR count). The molecule has 1 unspecified atom stereocenters. The van der Waals surface area contributed by atoms with Crippen LogP contribution in [0, 0.1) is 0 Å². The van der Waals surface area contributed by atoms with Gasteiger partial charge in [0.2, 0.25) is 0 Å². The summed E-state index contributed by atoms with van der Waals surface area (Å²) in [4.78, 5) is 7.32. The highest BCUT2D eigenvalue weighted by molar-refractivity contribution is 5.79. The summed E-state index contributed by atoms with van der Waals surface area (Å²) < 4.78 is 1.98. The van der Waals surface area contributed by atoms with Gasteiger partial charge in [0.1, 0.15) is 6.54 Å². The van der Waals surface area contributed by atoms with Gasteiger partial charge >= 0.3 is 0 Å². The average Bonchev–Trinajstić information content (AvgIpc) is 3.43. The van der Waals surface area contributed by atoms with E-state index in [1.54, 1.807) is 0 Å². The summed E-state index contributed by atoms with van der Waals surface area (Å²) in [6, 6.07) is 17.0. The van der Waals surface area contributed by atoms with Gasteiger partial charge in [-0.1, -0.05) is 36.4 Å². The van der Waals surface area contributed by atoms with Crippen LogP contribution in [0.2, 0.25) is 0 Å². The van der Waals surface area contributed by atoms with Crippen molar-refractivity contribution in [3.8, 4) is 0 Å². The van der Waals surface area contributed by atoms with Gasteiger partial charge in [-0.15, -0.1) is 10.2 Å². The lowest BCUT2D eigenvalue weighted by Crippen LogP contribution is -2.42. The highest BCUT2D eigenvalue weighted by atomic mass is 15.3. The van der Waals surface area contributed by atoms with E-state index < -0.39 is 0 Å². The number of aliphatic imine (C=N–C) groups is 1. The van der Waals surface area contributed by atoms with E-state index in [9.17, 15) is 0 Å². The molecule has 2 aromatic heterocycles. The molecule has 7 heteroatoms. The number of nitrogens with one attached hydrogen (secondary N) is 2. The van der Waals surface area contributed by atoms with E-state index in [4.69, 9.17) is 4.99 Å². The molecule has 7 nitrogen and oxygen atoms in total. The lowest BCUT2D eigenvalue weighted by atomic mass is 10.1. The molecule has 29 heavy (non-hydrogen) atoms. The molecule has 0 aliphatic carbocycles. The number of pyridine rings is 1. The normalized spacial score (nSPS) is 16.2. The minimum atomic E-state index is 0.344. The van der Waals surface area contributed by atoms with Crippen molar-refractivity contribution in [1.29, 1.82) is 0 Å². The lowest BCUT2D eigenvalue weighted by molar-refractivity contribution is 0.245. The first kappa shape index (κ1) is 19.4. The molecule has 1 aliphatic heterocycles. The number of rotatable bonds is 7. The third-order valence-electron chi connectivity index (χ3n) is 5.34. The first-order valence-corrected chi connectivity index (χ1v) is 10.4. The molecular weight excluding hydrogens is 362 g/mol. The summed E-state index contributed by atoms with van der Waals surface area (Å²) in [5, 5.41) is 15.4. The van der Waals surface area contributed by atoms with Gasteiger partial charge in [0, 0.05) is 19.3 Å². The van der Waals surface area contributed by atoms with E-state index in [-0.39, 0.29) is 0 Å². The molecule has 0 spiro atoms. The highest BCUT2D eigenvalue weighted by Gasteiger charge is 2.23. The molecule has 1 aromatic carbocycles. The Kier molecular flexibility index (Phi) is 6.36. The van der Waals surface area contributed by atoms with Crippen LogP contribution in [0.15, 0.2) is 59.7 Å². The molecule has 1 saturated heterocycles. The van der Waals surface area contributed by atoms with Gasteiger partial charge in [-0.3, -0.25) is 9.30 Å². The maximum atomic E-state index is 4.75. The van der Waals surface area contributed by atoms with Crippen LogP contribution in [0.4, 0.5) is 0 Å². The summed E-state index contributed by atoms with van der Waals surface area (Å²) in [5.74, 6) is 1.64. The zero-order valence-electron chi connectivity index (χ0n) is 17.0. The molecular formula is C22H29N7. The molecule has 3 aromatic rings. The standard InChI is InChI=1S/C22H29N7/c1-2-23-22(25-17-21-27-26-20-12-6-7-15-29(20)21)24-16-19(28-13-8-9-14-28)18-10-4-3-5-11-18/h3-7,10-12,15,19H,2,8-9,13-14,16-17H2,1H3,(H2,23,24,25). The number of guanidine groups is 1. The van der Waals surface area contributed by atoms with Crippen LogP contribution in [0.5, 0.6) is 0 Å². The summed E-state index contributed by atoms with van der Waals surface area (Å²) in [5.41, 5.74) is 2.19. The molecule has 0 radical (unpaired) electrons. The maximum absolute atomic E-state index is 4.75. The highest BCUT2D eigenvalue weighted by Crippen LogP contribution is 2.24. The van der Waals surface area contributed by atoms with Gasteiger partial charge in [-0.25, -0.2) is 4.99 Å². The Morgan fingerprint density at radius 3 is 2.62 bits per heavy atom. The van der Waals surface area contributed by atoms with Crippen molar-refractivity contribution in [2.45, 2.75) is 32.4 Å². The molecule has 1 fully saturated rings. The van der Waals surface area contributed by atoms with Crippen LogP contribution in [-0.4, -0.2) is 51.6 Å². The molecule has 1 atom stereocenters. The first-order valence-electron chi connectivity index (χ1n) is 10.4. The molecule has 2 N–H and O–H groups in total. The second-order valence-corrected chi connectivity index (χ2v) is 7.29. The number of fused-ring (bicyclic) bond motifs is 1. The predicted octanol–water partition coefficient (Wildman–Crippen LogP) is 2.62. The van der Waals surface area contributed by atoms with Crippen molar-refractivity contribution < 1.29 is 0 Å². The van der Waals surface area contributed by atoms with Crippen LogP contribution in [0.3, 0.4) is 0 Å². The van der Waals surface area contributed by atoms with E-state index >= 15 is 0 Å². The Morgan fingerprint density at radius 1 is 1.03 bits per heavy atom. The summed E-state index contributed by atoms with van der Waals surface area (Å²) in [6.07, 6.45) is 4.52. The Morgan fingerprint density at radius 2 is 1.83 bits per heavy atom. The predicted molar refractivity (Wildman–Crippen MR) is 116 cm³/mol. The van der Waals surface area contributed by atoms with Crippen molar-refractivity contribution in [1.82, 2.24) is 30.1 Å². The average molecular weight is 392 g/mol. The Balaban J connectivity index is 1.47. The van der Waals surface area contributed by atoms with Crippen LogP contribution in [0.1, 0.15) is 37.2 Å². The number of hydrogen-bond donors (Lipinski definition) is 2. The van der Waals surface area contributed by atoms with Gasteiger partial charge in [0.15, 0.2) is 17.4 Å². The number of hydrogen-bond acceptors (Lipinski definition) is 4. The lowest BCUT2D eigenvalue weighted by Gasteiger charge is -2.29. The van der Waals surface area contributed by atoms with Crippen molar-refractivity contribution in [2.24, 2.45) is 4.99 Å². The van der Waals surface area contributed by atoms with Crippen molar-refractivity contribution >= 4 is 11.6 Å². The number of aromatic nitrogens is 3. The number of benzene rings is 1. The largest absolute Gasteiger partial charge is 0.357 e. The van der Waals surface area contributed by atoms with E-state index in [0.29, 0.717) is 12.6 Å². The summed E-state index contributed by atoms with van der Waals surface area (Å²) in [6.45, 7) is 6.49. The number of nitrogens with zero attached hydrogens (tertiary/aromatic N) is 5. The van der Waals surface area contributed by atoms with E-state index in [0.717, 1.165) is 43.6 Å². The fraction of sp³-hybridized carbons (Fsp3) is 0.409. The van der Waals surface area contributed by atoms with Crippen LogP contribution >= 0.6 is 0 Å². The minimum absolute atomic E-state index is 0.344. The Bertz CT molecular complexity index is 928. The van der Waals surface area contributed by atoms with Gasteiger partial charge in [0.25, 0.3) is 0 Å². The quantitative estimate of drug-likeness (QED) is 0.479. The van der Waals surface area contributed by atoms with Crippen LogP contribution < -0.4 is 10.6 Å². The second-order valence-electron chi connectivity index (χ2n) is 7.29. The molecule has 0 amide bonds. The van der Waals surface area contributed by atoms with Gasteiger partial charge < -0.3 is 10.6 Å². The van der Waals surface area contributed by atoms with Crippen molar-refractivity contribution in [3.05, 3.63) is 66.1 Å². The monoisotopic (exact) mass is 391 g/mol. The topological polar surface area (TPSA) is 69.8 Å². The number of likely N-dealkylation sites (tertiary alicyclic amines) is 1. The van der Waals surface area contributed by atoms with Gasteiger partial charge in [-0.2, -0.15) is 0 Å². The summed E-state index contributed by atoms with van der Waals surface area (Å²) >= 11 is 0. The Hall–Kier alpha value is -2.93. The van der Waals surface area contributed by atoms with Crippen molar-refractivity contribution in [3.63, 3.8) is 0 Å². The van der Waals surface area contributed by atoms with Crippen LogP contribution in [0.25, 0.3) is 5.65 Å². The smallest absolute Gasteiger partial charge is 0.191 e. The van der Waals surface area contributed by atoms with Crippen LogP contribution in [-0.2, 0) is 6.54 Å². The molecule has 152 valence electrons. The molecule has 1 aliphatic rings. The third-order valence-corrected chi connectivity index (χ3v) is 5.34. The Labute approximate surface area is 171 Å². The first-order chi connectivity index (χ1) is 14.3. The fourth-order valence-corrected chi connectivity index (χ4v) is 3.87. The van der Waals surface area contributed by atoms with Gasteiger partial charge in [-0.05, 0) is 50.6 Å². The SMILES string of the molecule is CCNC(=NCc1nnc2ccccn12)NCC(c1ccccc1)N1CCCC1. The van der Waals surface area contributed by atoms with E-state index in [1.165, 1.54) is 18.4 Å². The fourth-order valence-electron chi connectivity index (χ4n) is 3.87. The molecule has 0 bridgehead atoms. The zero-order chi connectivity index (χ0) is 19.9. The van der Waals surface area contributed by atoms with E-state index in [2.05, 4.69) is 63.0 Å². The molecule has 0 saturated carbocycles.